The second kappa shape index (κ2) is 9.43. The minimum atomic E-state index is -1.28. The van der Waals surface area contributed by atoms with Gasteiger partial charge in [0.25, 0.3) is 5.91 Å². The van der Waals surface area contributed by atoms with Crippen molar-refractivity contribution in [2.45, 2.75) is 51.0 Å². The summed E-state index contributed by atoms with van der Waals surface area (Å²) in [6.07, 6.45) is 2.00. The smallest absolute Gasteiger partial charge is 0.253 e. The minimum absolute atomic E-state index is 0.112. The Bertz CT molecular complexity index is 750. The third-order valence-corrected chi connectivity index (χ3v) is 4.44. The third kappa shape index (κ3) is 5.61. The first-order valence-electron chi connectivity index (χ1n) is 9.07. The molecule has 0 saturated heterocycles. The molecule has 152 valence electrons. The van der Waals surface area contributed by atoms with Crippen molar-refractivity contribution in [2.75, 3.05) is 0 Å². The molecule has 28 heavy (non-hydrogen) atoms. The Labute approximate surface area is 163 Å². The van der Waals surface area contributed by atoms with E-state index in [2.05, 4.69) is 15.6 Å². The highest BCUT2D eigenvalue weighted by atomic mass is 16.3. The number of hydrogen-bond donors (Lipinski definition) is 5. The van der Waals surface area contributed by atoms with E-state index in [1.54, 1.807) is 12.1 Å². The maximum atomic E-state index is 12.5. The van der Waals surface area contributed by atoms with E-state index >= 15 is 0 Å². The highest BCUT2D eigenvalue weighted by molar-refractivity contribution is 5.97. The molecule has 1 aliphatic carbocycles. The molecule has 4 unspecified atom stereocenters. The van der Waals surface area contributed by atoms with Gasteiger partial charge in [-0.3, -0.25) is 19.4 Å². The Kier molecular flexibility index (Phi) is 7.24. The van der Waals surface area contributed by atoms with Gasteiger partial charge in [0.1, 0.15) is 12.1 Å². The van der Waals surface area contributed by atoms with Gasteiger partial charge in [0.15, 0.2) is 0 Å². The largest absolute Gasteiger partial charge is 0.390 e. The lowest BCUT2D eigenvalue weighted by Crippen LogP contribution is -2.52. The number of primary amides is 1. The summed E-state index contributed by atoms with van der Waals surface area (Å²) in [6.45, 7) is 3.79. The van der Waals surface area contributed by atoms with Crippen molar-refractivity contribution in [2.24, 2.45) is 11.7 Å². The maximum Gasteiger partial charge on any atom is 0.253 e. The lowest BCUT2D eigenvalue weighted by molar-refractivity contribution is -0.126. The zero-order chi connectivity index (χ0) is 20.8. The van der Waals surface area contributed by atoms with Gasteiger partial charge in [-0.25, -0.2) is 0 Å². The number of aromatic nitrogens is 1. The van der Waals surface area contributed by atoms with Gasteiger partial charge in [0.2, 0.25) is 11.8 Å². The molecule has 3 amide bonds. The fraction of sp³-hybridized carbons (Fsp3) is 0.474. The quantitative estimate of drug-likeness (QED) is 0.413. The summed E-state index contributed by atoms with van der Waals surface area (Å²) in [4.78, 5) is 40.3. The average molecular weight is 390 g/mol. The van der Waals surface area contributed by atoms with Crippen LogP contribution in [0.25, 0.3) is 0 Å². The van der Waals surface area contributed by atoms with Crippen LogP contribution in [-0.4, -0.2) is 57.2 Å². The number of carbonyl (C=O) groups is 3. The summed E-state index contributed by atoms with van der Waals surface area (Å²) in [5, 5.41) is 25.4. The van der Waals surface area contributed by atoms with Gasteiger partial charge in [-0.15, -0.1) is 0 Å². The van der Waals surface area contributed by atoms with Crippen LogP contribution in [0, 0.1) is 5.92 Å². The summed E-state index contributed by atoms with van der Waals surface area (Å²) in [5.41, 5.74) is 5.78. The van der Waals surface area contributed by atoms with Crippen LogP contribution in [0.3, 0.4) is 0 Å². The van der Waals surface area contributed by atoms with E-state index in [4.69, 9.17) is 5.73 Å². The highest BCUT2D eigenvalue weighted by Gasteiger charge is 2.34. The minimum Gasteiger partial charge on any atom is -0.390 e. The van der Waals surface area contributed by atoms with Gasteiger partial charge in [-0.05, 0) is 24.5 Å². The number of hydrogen-bond acceptors (Lipinski definition) is 6. The Balaban J connectivity index is 2.14. The topological polar surface area (TPSA) is 155 Å². The van der Waals surface area contributed by atoms with Crippen LogP contribution in [0.2, 0.25) is 0 Å². The Morgan fingerprint density at radius 2 is 2.00 bits per heavy atom. The van der Waals surface area contributed by atoms with Crippen LogP contribution in [0.15, 0.2) is 36.2 Å². The summed E-state index contributed by atoms with van der Waals surface area (Å²) < 4.78 is 0. The monoisotopic (exact) mass is 390 g/mol. The van der Waals surface area contributed by atoms with Crippen molar-refractivity contribution >= 4 is 17.7 Å². The molecule has 0 saturated carbocycles. The van der Waals surface area contributed by atoms with Crippen molar-refractivity contribution in [1.82, 2.24) is 15.6 Å². The van der Waals surface area contributed by atoms with Crippen molar-refractivity contribution in [3.63, 3.8) is 0 Å². The number of rotatable bonds is 7. The molecule has 6 N–H and O–H groups in total. The molecular weight excluding hydrogens is 364 g/mol. The molecule has 1 heterocycles. The van der Waals surface area contributed by atoms with Gasteiger partial charge in [0, 0.05) is 24.4 Å². The molecule has 9 heteroatoms. The van der Waals surface area contributed by atoms with Crippen molar-refractivity contribution in [3.8, 4) is 0 Å². The molecule has 0 radical (unpaired) electrons. The number of aliphatic hydroxyl groups excluding tert-OH is 2. The number of nitrogens with zero attached hydrogens (tertiary/aromatic N) is 1. The summed E-state index contributed by atoms with van der Waals surface area (Å²) in [7, 11) is 0. The first-order chi connectivity index (χ1) is 13.2. The van der Waals surface area contributed by atoms with Gasteiger partial charge in [-0.1, -0.05) is 19.9 Å². The van der Waals surface area contributed by atoms with E-state index in [0.29, 0.717) is 6.42 Å². The second-order valence-electron chi connectivity index (χ2n) is 7.25. The Morgan fingerprint density at radius 1 is 1.29 bits per heavy atom. The number of nitrogens with two attached hydrogens (primary N) is 1. The zero-order valence-electron chi connectivity index (χ0n) is 15.8. The normalized spacial score (nSPS) is 22.9. The number of nitrogens with one attached hydrogen (secondary N) is 2. The van der Waals surface area contributed by atoms with Crippen LogP contribution in [-0.2, 0) is 9.59 Å². The van der Waals surface area contributed by atoms with E-state index in [1.165, 1.54) is 18.5 Å². The molecule has 0 aliphatic heterocycles. The Morgan fingerprint density at radius 3 is 2.57 bits per heavy atom. The predicted octanol–water partition coefficient (Wildman–Crippen LogP) is -0.752. The first kappa shape index (κ1) is 21.5. The maximum absolute atomic E-state index is 12.5. The van der Waals surface area contributed by atoms with Crippen LogP contribution in [0.5, 0.6) is 0 Å². The van der Waals surface area contributed by atoms with Crippen molar-refractivity contribution < 1.29 is 24.6 Å². The molecule has 0 aromatic carbocycles. The van der Waals surface area contributed by atoms with Crippen molar-refractivity contribution in [1.29, 1.82) is 0 Å². The lowest BCUT2D eigenvalue weighted by Gasteiger charge is -2.31. The van der Waals surface area contributed by atoms with Gasteiger partial charge in [0.05, 0.1) is 17.7 Å². The molecule has 0 spiro atoms. The summed E-state index contributed by atoms with van der Waals surface area (Å²) in [5.74, 6) is -1.59. The van der Waals surface area contributed by atoms with E-state index in [1.807, 2.05) is 13.8 Å². The molecule has 1 aromatic rings. The standard InChI is InChI=1S/C19H26N4O5/c1-10(2)6-14(17(20)26)23-19(28)12-7-13(16(25)15(24)8-12)22-18(27)11-4-3-5-21-9-11/h3-5,7,9-10,13-16,24-25H,6,8H2,1-2H3,(H2,20,26)(H,22,27)(H,23,28). The molecule has 2 rings (SSSR count). The fourth-order valence-electron chi connectivity index (χ4n) is 2.96. The number of carbonyl (C=O) groups excluding carboxylic acids is 3. The first-order valence-corrected chi connectivity index (χ1v) is 9.07. The second-order valence-corrected chi connectivity index (χ2v) is 7.25. The molecule has 9 nitrogen and oxygen atoms in total. The van der Waals surface area contributed by atoms with E-state index < -0.39 is 42.0 Å². The van der Waals surface area contributed by atoms with Gasteiger partial charge >= 0.3 is 0 Å². The van der Waals surface area contributed by atoms with Crippen LogP contribution < -0.4 is 16.4 Å². The highest BCUT2D eigenvalue weighted by Crippen LogP contribution is 2.21. The van der Waals surface area contributed by atoms with Crippen LogP contribution in [0.4, 0.5) is 0 Å². The Hall–Kier alpha value is -2.78. The molecule has 1 aromatic heterocycles. The number of amides is 3. The van der Waals surface area contributed by atoms with E-state index in [0.717, 1.165) is 0 Å². The van der Waals surface area contributed by atoms with Gasteiger partial charge < -0.3 is 26.6 Å². The lowest BCUT2D eigenvalue weighted by atomic mass is 9.89. The fourth-order valence-corrected chi connectivity index (χ4v) is 2.96. The van der Waals surface area contributed by atoms with Crippen LogP contribution in [0.1, 0.15) is 37.0 Å². The van der Waals surface area contributed by atoms with Crippen LogP contribution >= 0.6 is 0 Å². The summed E-state index contributed by atoms with van der Waals surface area (Å²) in [6, 6.07) is 1.32. The van der Waals surface area contributed by atoms with Gasteiger partial charge in [-0.2, -0.15) is 0 Å². The zero-order valence-corrected chi connectivity index (χ0v) is 15.8. The predicted molar refractivity (Wildman–Crippen MR) is 101 cm³/mol. The number of aliphatic hydroxyl groups is 2. The molecule has 4 atom stereocenters. The average Bonchev–Trinajstić information content (AvgIpc) is 2.64. The molecule has 0 fully saturated rings. The van der Waals surface area contributed by atoms with E-state index in [-0.39, 0.29) is 23.5 Å². The number of pyridine rings is 1. The SMILES string of the molecule is CC(C)CC(NC(=O)C1=CC(NC(=O)c2cccnc2)C(O)C(O)C1)C(N)=O. The van der Waals surface area contributed by atoms with E-state index in [9.17, 15) is 24.6 Å². The summed E-state index contributed by atoms with van der Waals surface area (Å²) >= 11 is 0. The molecular formula is C19H26N4O5. The molecule has 1 aliphatic rings. The third-order valence-electron chi connectivity index (χ3n) is 4.44. The van der Waals surface area contributed by atoms with Crippen molar-refractivity contribution in [3.05, 3.63) is 41.7 Å². The molecule has 0 bridgehead atoms.